The number of rotatable bonds is 6. The number of pyridine rings is 1. The Bertz CT molecular complexity index is 3020. The molecule has 1 aliphatic rings. The Kier molecular flexibility index (Phi) is 8.17. The summed E-state index contributed by atoms with van der Waals surface area (Å²) in [6.45, 7) is 4.49. The Morgan fingerprint density at radius 3 is 1.79 bits per heavy atom. The second-order valence-electron chi connectivity index (χ2n) is 15.2. The van der Waals surface area contributed by atoms with E-state index >= 15 is 0 Å². The molecule has 57 heavy (non-hydrogen) atoms. The summed E-state index contributed by atoms with van der Waals surface area (Å²) in [5.41, 5.74) is 16.2. The normalized spacial score (nSPS) is 12.5. The first-order valence-electron chi connectivity index (χ1n) is 19.2. The molecule has 10 rings (SSSR count). The van der Waals surface area contributed by atoms with Crippen LogP contribution in [0.1, 0.15) is 30.5 Å². The molecule has 0 spiro atoms. The lowest BCUT2D eigenvalue weighted by Gasteiger charge is -2.24. The average Bonchev–Trinajstić information content (AvgIpc) is 3.50. The van der Waals surface area contributed by atoms with E-state index in [9.17, 15) is 5.26 Å². The van der Waals surface area contributed by atoms with Gasteiger partial charge in [0.2, 0.25) is 0 Å². The van der Waals surface area contributed by atoms with Crippen molar-refractivity contribution in [3.63, 3.8) is 0 Å². The highest BCUT2D eigenvalue weighted by Crippen LogP contribution is 2.52. The molecule has 0 saturated carbocycles. The molecule has 0 N–H and O–H groups in total. The van der Waals surface area contributed by atoms with Gasteiger partial charge in [-0.25, -0.2) is 9.97 Å². The van der Waals surface area contributed by atoms with Crippen molar-refractivity contribution in [2.45, 2.75) is 19.3 Å². The number of fused-ring (bicyclic) bond motifs is 4. The molecule has 4 nitrogen and oxygen atoms in total. The van der Waals surface area contributed by atoms with Crippen LogP contribution in [-0.4, -0.2) is 15.0 Å². The second kappa shape index (κ2) is 13.7. The van der Waals surface area contributed by atoms with Gasteiger partial charge in [-0.15, -0.1) is 0 Å². The summed E-state index contributed by atoms with van der Waals surface area (Å²) in [7, 11) is 0. The molecule has 2 aromatic heterocycles. The Labute approximate surface area is 332 Å². The number of aromatic nitrogens is 3. The van der Waals surface area contributed by atoms with Crippen LogP contribution in [-0.2, 0) is 5.41 Å². The van der Waals surface area contributed by atoms with Crippen LogP contribution in [0.25, 0.3) is 89.2 Å². The van der Waals surface area contributed by atoms with E-state index in [2.05, 4.69) is 152 Å². The van der Waals surface area contributed by atoms with Gasteiger partial charge in [-0.05, 0) is 103 Å². The molecule has 0 aliphatic heterocycles. The summed E-state index contributed by atoms with van der Waals surface area (Å²) in [4.78, 5) is 14.8. The van der Waals surface area contributed by atoms with Crippen molar-refractivity contribution in [1.29, 1.82) is 5.26 Å². The van der Waals surface area contributed by atoms with E-state index in [-0.39, 0.29) is 5.41 Å². The van der Waals surface area contributed by atoms with Crippen LogP contribution < -0.4 is 0 Å². The summed E-state index contributed by atoms with van der Waals surface area (Å²) in [5, 5.41) is 12.6. The van der Waals surface area contributed by atoms with Gasteiger partial charge in [-0.1, -0.05) is 141 Å². The summed E-state index contributed by atoms with van der Waals surface area (Å²) < 4.78 is 0. The Morgan fingerprint density at radius 2 is 1.07 bits per heavy atom. The molecule has 9 aromatic rings. The molecule has 0 radical (unpaired) electrons. The highest BCUT2D eigenvalue weighted by molar-refractivity contribution is 5.99. The van der Waals surface area contributed by atoms with Gasteiger partial charge in [0.1, 0.15) is 6.07 Å². The lowest BCUT2D eigenvalue weighted by molar-refractivity contribution is 0.659. The predicted molar refractivity (Wildman–Crippen MR) is 232 cm³/mol. The highest BCUT2D eigenvalue weighted by Gasteiger charge is 2.38. The van der Waals surface area contributed by atoms with Crippen molar-refractivity contribution in [3.05, 3.63) is 199 Å². The van der Waals surface area contributed by atoms with Gasteiger partial charge in [0.15, 0.2) is 5.82 Å². The van der Waals surface area contributed by atoms with Crippen LogP contribution in [0.15, 0.2) is 182 Å². The fraction of sp³-hybridized carbons (Fsp3) is 0.0566. The number of nitrogens with zero attached hydrogens (tertiary/aromatic N) is 4. The van der Waals surface area contributed by atoms with Gasteiger partial charge in [0, 0.05) is 40.1 Å². The van der Waals surface area contributed by atoms with E-state index in [0.29, 0.717) is 5.82 Å². The van der Waals surface area contributed by atoms with E-state index in [1.165, 1.54) is 16.7 Å². The number of nitriles is 1. The van der Waals surface area contributed by atoms with E-state index in [0.717, 1.165) is 83.4 Å². The van der Waals surface area contributed by atoms with Gasteiger partial charge >= 0.3 is 0 Å². The molecule has 0 bridgehead atoms. The topological polar surface area (TPSA) is 62.5 Å². The van der Waals surface area contributed by atoms with Crippen LogP contribution in [0, 0.1) is 11.3 Å². The van der Waals surface area contributed by atoms with E-state index in [4.69, 9.17) is 9.97 Å². The van der Waals surface area contributed by atoms with E-state index in [1.54, 1.807) is 6.20 Å². The van der Waals surface area contributed by atoms with Crippen LogP contribution in [0.4, 0.5) is 0 Å². The third-order valence-corrected chi connectivity index (χ3v) is 11.4. The van der Waals surface area contributed by atoms with Crippen molar-refractivity contribution in [2.24, 2.45) is 0 Å². The van der Waals surface area contributed by atoms with Crippen molar-refractivity contribution in [2.75, 3.05) is 0 Å². The zero-order valence-electron chi connectivity index (χ0n) is 31.6. The third kappa shape index (κ3) is 5.98. The molecule has 0 fully saturated rings. The lowest BCUT2D eigenvalue weighted by Crippen LogP contribution is -2.17. The molecule has 0 amide bonds. The standard InChI is InChI=1S/C53H36N4/c1-53(2)48-30-38(23-24-45(48)46-29-39-16-9-10-18-44(39)47(32-54)51(46)53)41-26-42(40-17-11-25-55-33-40)28-43(27-41)50-31-49(56-52(57-50)37-14-7-4-8-15-37)36-21-19-35(20-22-36)34-12-5-3-6-13-34/h3-31,33H,1-2H3. The molecule has 268 valence electrons. The molecule has 7 aromatic carbocycles. The lowest BCUT2D eigenvalue weighted by atomic mass is 9.78. The first-order valence-corrected chi connectivity index (χ1v) is 19.2. The smallest absolute Gasteiger partial charge is 0.160 e. The summed E-state index contributed by atoms with van der Waals surface area (Å²) in [5.74, 6) is 0.668. The number of benzene rings is 7. The largest absolute Gasteiger partial charge is 0.264 e. The first kappa shape index (κ1) is 34.0. The summed E-state index contributed by atoms with van der Waals surface area (Å²) in [6.07, 6.45) is 3.72. The molecular formula is C53H36N4. The monoisotopic (exact) mass is 728 g/mol. The van der Waals surface area contributed by atoms with Crippen molar-refractivity contribution in [3.8, 4) is 84.5 Å². The minimum absolute atomic E-state index is 0.373. The molecule has 0 unspecified atom stereocenters. The number of hydrogen-bond donors (Lipinski definition) is 0. The average molecular weight is 729 g/mol. The minimum Gasteiger partial charge on any atom is -0.264 e. The van der Waals surface area contributed by atoms with Gasteiger partial charge < -0.3 is 0 Å². The van der Waals surface area contributed by atoms with Crippen LogP contribution in [0.2, 0.25) is 0 Å². The van der Waals surface area contributed by atoms with Crippen molar-refractivity contribution in [1.82, 2.24) is 15.0 Å². The van der Waals surface area contributed by atoms with E-state index < -0.39 is 0 Å². The quantitative estimate of drug-likeness (QED) is 0.171. The van der Waals surface area contributed by atoms with Crippen LogP contribution >= 0.6 is 0 Å². The SMILES string of the molecule is CC1(C)c2cc(-c3cc(-c4cccnc4)cc(-c4cc(-c5ccc(-c6ccccc6)cc5)nc(-c5ccccc5)n4)c3)ccc2-c2cc3ccccc3c(C#N)c21. The molecule has 1 aliphatic carbocycles. The third-order valence-electron chi connectivity index (χ3n) is 11.4. The minimum atomic E-state index is -0.373. The van der Waals surface area contributed by atoms with Crippen LogP contribution in [0.3, 0.4) is 0 Å². The second-order valence-corrected chi connectivity index (χ2v) is 15.2. The number of hydrogen-bond acceptors (Lipinski definition) is 4. The summed E-state index contributed by atoms with van der Waals surface area (Å²) in [6, 6.07) is 61.9. The molecule has 0 saturated heterocycles. The van der Waals surface area contributed by atoms with Crippen molar-refractivity contribution < 1.29 is 0 Å². The maximum absolute atomic E-state index is 10.5. The van der Waals surface area contributed by atoms with Crippen molar-refractivity contribution >= 4 is 10.8 Å². The molecule has 0 atom stereocenters. The maximum Gasteiger partial charge on any atom is 0.160 e. The Hall–Kier alpha value is -7.48. The highest BCUT2D eigenvalue weighted by atomic mass is 14.9. The van der Waals surface area contributed by atoms with Gasteiger partial charge in [0.05, 0.1) is 17.0 Å². The molecular weight excluding hydrogens is 693 g/mol. The molecule has 4 heteroatoms. The predicted octanol–water partition coefficient (Wildman–Crippen LogP) is 13.2. The zero-order chi connectivity index (χ0) is 38.5. The van der Waals surface area contributed by atoms with E-state index in [1.807, 2.05) is 48.7 Å². The van der Waals surface area contributed by atoms with Gasteiger partial charge in [-0.2, -0.15) is 5.26 Å². The molecule has 2 heterocycles. The first-order chi connectivity index (χ1) is 27.9. The fourth-order valence-corrected chi connectivity index (χ4v) is 8.50. The van der Waals surface area contributed by atoms with Gasteiger partial charge in [0.25, 0.3) is 0 Å². The summed E-state index contributed by atoms with van der Waals surface area (Å²) >= 11 is 0. The van der Waals surface area contributed by atoms with Gasteiger partial charge in [-0.3, -0.25) is 4.98 Å². The fourth-order valence-electron chi connectivity index (χ4n) is 8.50. The Balaban J connectivity index is 1.14. The van der Waals surface area contributed by atoms with Crippen LogP contribution in [0.5, 0.6) is 0 Å². The Morgan fingerprint density at radius 1 is 0.474 bits per heavy atom. The maximum atomic E-state index is 10.5. The zero-order valence-corrected chi connectivity index (χ0v) is 31.6.